The van der Waals surface area contributed by atoms with Gasteiger partial charge in [0.1, 0.15) is 0 Å². The highest BCUT2D eigenvalue weighted by molar-refractivity contribution is 5.92. The number of allylic oxidation sites excluding steroid dienone is 4. The van der Waals surface area contributed by atoms with Gasteiger partial charge in [0, 0.05) is 95.4 Å². The predicted octanol–water partition coefficient (Wildman–Crippen LogP) is 4.85. The van der Waals surface area contributed by atoms with E-state index in [9.17, 15) is 29.8 Å². The Balaban J connectivity index is 0.000000162. The third-order valence-corrected chi connectivity index (χ3v) is 11.6. The summed E-state index contributed by atoms with van der Waals surface area (Å²) in [6.07, 6.45) is 7.52. The maximum absolute atomic E-state index is 12.1. The van der Waals surface area contributed by atoms with Crippen LogP contribution in [-0.4, -0.2) is 73.5 Å². The van der Waals surface area contributed by atoms with Crippen LogP contribution in [0.1, 0.15) is 61.8 Å². The molecule has 0 saturated heterocycles. The van der Waals surface area contributed by atoms with Gasteiger partial charge in [0.05, 0.1) is 14.2 Å². The molecule has 0 aromatic heterocycles. The van der Waals surface area contributed by atoms with E-state index in [2.05, 4.69) is 0 Å². The van der Waals surface area contributed by atoms with Gasteiger partial charge in [0.25, 0.3) is 0 Å². The summed E-state index contributed by atoms with van der Waals surface area (Å²) in [5.74, 6) is 1.35. The Labute approximate surface area is 300 Å². The van der Waals surface area contributed by atoms with Crippen molar-refractivity contribution in [2.24, 2.45) is 11.8 Å². The summed E-state index contributed by atoms with van der Waals surface area (Å²) in [5, 5.41) is 23.6. The average Bonchev–Trinajstić information content (AvgIpc) is 3.12. The number of ether oxygens (including phenoxy) is 6. The SMILES string of the molecule is CCO[C@@H]1C[C@]23C=CC(=O)C[C@H]2[C@H]([N+](=O)[O-])Cc2ccc(OC)c(c23)O1.CCO[C@H]1C[C@]23C=CC(=O)C[C@H]2[C@H]([N+](=O)[O-])Cc2ccc(OC)c(c23)O1. The van der Waals surface area contributed by atoms with Gasteiger partial charge >= 0.3 is 0 Å². The van der Waals surface area contributed by atoms with E-state index >= 15 is 0 Å². The van der Waals surface area contributed by atoms with Crippen molar-refractivity contribution in [1.29, 1.82) is 0 Å². The van der Waals surface area contributed by atoms with Crippen LogP contribution in [-0.2, 0) is 42.7 Å². The lowest BCUT2D eigenvalue weighted by Crippen LogP contribution is -2.55. The predicted molar refractivity (Wildman–Crippen MR) is 184 cm³/mol. The second kappa shape index (κ2) is 13.6. The number of hydrogen-bond donors (Lipinski definition) is 0. The monoisotopic (exact) mass is 718 g/mol. The van der Waals surface area contributed by atoms with E-state index in [1.165, 1.54) is 0 Å². The first kappa shape index (κ1) is 35.6. The van der Waals surface area contributed by atoms with E-state index in [1.807, 2.05) is 38.1 Å². The first-order chi connectivity index (χ1) is 25.0. The van der Waals surface area contributed by atoms with Gasteiger partial charge in [-0.1, -0.05) is 24.3 Å². The smallest absolute Gasteiger partial charge is 0.221 e. The Bertz CT molecular complexity index is 1740. The Morgan fingerprint density at radius 2 is 1.10 bits per heavy atom. The van der Waals surface area contributed by atoms with E-state index in [0.29, 0.717) is 49.1 Å². The normalized spacial score (nSPS) is 31.6. The number of nitrogens with zero attached hydrogens (tertiary/aromatic N) is 2. The topological polar surface area (TPSA) is 176 Å². The van der Waals surface area contributed by atoms with Crippen molar-refractivity contribution in [3.05, 3.63) is 91.1 Å². The number of carbonyl (C=O) groups is 2. The molecular formula is C38H42N2O12. The lowest BCUT2D eigenvalue weighted by Gasteiger charge is -2.50. The number of nitro groups is 2. The number of methoxy groups -OCH3 is 2. The molecule has 276 valence electrons. The van der Waals surface area contributed by atoms with Crippen molar-refractivity contribution in [2.75, 3.05) is 27.4 Å². The summed E-state index contributed by atoms with van der Waals surface area (Å²) in [7, 11) is 3.14. The fourth-order valence-corrected chi connectivity index (χ4v) is 9.56. The van der Waals surface area contributed by atoms with E-state index in [0.717, 1.165) is 22.3 Å². The molecule has 2 aromatic rings. The maximum atomic E-state index is 12.1. The van der Waals surface area contributed by atoms with Gasteiger partial charge in [-0.2, -0.15) is 0 Å². The van der Waals surface area contributed by atoms with E-state index in [-0.39, 0.29) is 47.1 Å². The minimum Gasteiger partial charge on any atom is -0.493 e. The molecule has 2 heterocycles. The zero-order valence-electron chi connectivity index (χ0n) is 29.5. The minimum absolute atomic E-state index is 0.0696. The van der Waals surface area contributed by atoms with Crippen LogP contribution in [0, 0.1) is 32.1 Å². The lowest BCUT2D eigenvalue weighted by atomic mass is 9.55. The average molecular weight is 719 g/mol. The highest BCUT2D eigenvalue weighted by Gasteiger charge is 2.60. The Kier molecular flexibility index (Phi) is 9.32. The van der Waals surface area contributed by atoms with Crippen molar-refractivity contribution in [1.82, 2.24) is 0 Å². The lowest BCUT2D eigenvalue weighted by molar-refractivity contribution is -0.535. The number of rotatable bonds is 8. The van der Waals surface area contributed by atoms with Crippen LogP contribution in [0.4, 0.5) is 0 Å². The Morgan fingerprint density at radius 1 is 0.692 bits per heavy atom. The molecule has 0 saturated carbocycles. The first-order valence-corrected chi connectivity index (χ1v) is 17.7. The Morgan fingerprint density at radius 3 is 1.44 bits per heavy atom. The van der Waals surface area contributed by atoms with Gasteiger partial charge in [-0.25, -0.2) is 0 Å². The second-order valence-corrected chi connectivity index (χ2v) is 14.1. The molecule has 8 rings (SSSR count). The van der Waals surface area contributed by atoms with Gasteiger partial charge in [0.15, 0.2) is 34.6 Å². The van der Waals surface area contributed by atoms with Crippen LogP contribution in [0.25, 0.3) is 0 Å². The summed E-state index contributed by atoms with van der Waals surface area (Å²) < 4.78 is 34.6. The van der Waals surface area contributed by atoms with Crippen LogP contribution in [0.15, 0.2) is 48.6 Å². The molecule has 4 aliphatic carbocycles. The molecule has 8 atom stereocenters. The summed E-state index contributed by atoms with van der Waals surface area (Å²) in [6.45, 7) is 4.68. The fraction of sp³-hybridized carbons (Fsp3) is 0.526. The molecule has 14 heteroatoms. The number of hydrogen-bond acceptors (Lipinski definition) is 12. The quantitative estimate of drug-likeness (QED) is 0.268. The molecule has 0 unspecified atom stereocenters. The number of ketones is 2. The zero-order valence-corrected chi connectivity index (χ0v) is 29.5. The van der Waals surface area contributed by atoms with Crippen LogP contribution in [0.5, 0.6) is 23.0 Å². The van der Waals surface area contributed by atoms with E-state index in [1.54, 1.807) is 38.5 Å². The van der Waals surface area contributed by atoms with Gasteiger partial charge in [-0.3, -0.25) is 29.8 Å². The summed E-state index contributed by atoms with van der Waals surface area (Å²) in [5.41, 5.74) is 2.29. The van der Waals surface area contributed by atoms with E-state index < -0.39 is 47.3 Å². The third-order valence-electron chi connectivity index (χ3n) is 11.6. The van der Waals surface area contributed by atoms with Crippen LogP contribution in [0.3, 0.4) is 0 Å². The third kappa shape index (κ3) is 5.63. The molecule has 2 aromatic carbocycles. The van der Waals surface area contributed by atoms with Gasteiger partial charge in [-0.15, -0.1) is 0 Å². The summed E-state index contributed by atoms with van der Waals surface area (Å²) >= 11 is 0. The Hall–Kier alpha value is -4.82. The van der Waals surface area contributed by atoms with Gasteiger partial charge in [-0.05, 0) is 49.3 Å². The maximum Gasteiger partial charge on any atom is 0.221 e. The highest BCUT2D eigenvalue weighted by atomic mass is 16.7. The number of carbonyl (C=O) groups excluding carboxylic acids is 2. The van der Waals surface area contributed by atoms with Crippen molar-refractivity contribution < 1.29 is 47.9 Å². The molecule has 0 N–H and O–H groups in total. The zero-order chi connectivity index (χ0) is 36.9. The van der Waals surface area contributed by atoms with Gasteiger partial charge < -0.3 is 28.4 Å². The molecule has 52 heavy (non-hydrogen) atoms. The first-order valence-electron chi connectivity index (χ1n) is 17.7. The van der Waals surface area contributed by atoms with Crippen molar-refractivity contribution in [2.45, 2.75) is 87.9 Å². The largest absolute Gasteiger partial charge is 0.493 e. The van der Waals surface area contributed by atoms with Gasteiger partial charge in [0.2, 0.25) is 24.7 Å². The summed E-state index contributed by atoms with van der Waals surface area (Å²) in [6, 6.07) is 5.70. The fourth-order valence-electron chi connectivity index (χ4n) is 9.56. The molecule has 0 fully saturated rings. The molecular weight excluding hydrogens is 676 g/mol. The summed E-state index contributed by atoms with van der Waals surface area (Å²) in [4.78, 5) is 47.3. The molecule has 0 radical (unpaired) electrons. The minimum atomic E-state index is -0.807. The molecule has 0 bridgehead atoms. The second-order valence-electron chi connectivity index (χ2n) is 14.1. The van der Waals surface area contributed by atoms with Crippen molar-refractivity contribution >= 4 is 11.6 Å². The molecule has 2 aliphatic heterocycles. The molecule has 6 aliphatic rings. The molecule has 0 amide bonds. The molecule has 2 spiro atoms. The highest BCUT2D eigenvalue weighted by Crippen LogP contribution is 2.59. The number of benzene rings is 2. The standard InChI is InChI=1S/2C19H21NO6/c2*1-3-25-16-10-19-7-6-12(21)9-13(19)14(20(22)23)8-11-4-5-15(24-2)18(26-16)17(11)19/h2*4-7,13-14,16H,3,8-10H2,1-2H3/t13-,14+,16+,19+;13-,14+,16-,19+/m00/s1. The van der Waals surface area contributed by atoms with Crippen molar-refractivity contribution in [3.8, 4) is 23.0 Å². The van der Waals surface area contributed by atoms with Crippen LogP contribution < -0.4 is 18.9 Å². The van der Waals surface area contributed by atoms with Crippen LogP contribution >= 0.6 is 0 Å². The van der Waals surface area contributed by atoms with Crippen molar-refractivity contribution in [3.63, 3.8) is 0 Å². The van der Waals surface area contributed by atoms with Crippen LogP contribution in [0.2, 0.25) is 0 Å². The molecule has 14 nitrogen and oxygen atoms in total. The van der Waals surface area contributed by atoms with E-state index in [4.69, 9.17) is 28.4 Å².